The van der Waals surface area contributed by atoms with Crippen molar-refractivity contribution in [3.05, 3.63) is 17.7 Å². The molecule has 0 aliphatic heterocycles. The summed E-state index contributed by atoms with van der Waals surface area (Å²) >= 11 is 0. The highest BCUT2D eigenvalue weighted by Gasteiger charge is 2.24. The number of aromatic nitrogens is 2. The van der Waals surface area contributed by atoms with Crippen LogP contribution in [0.3, 0.4) is 0 Å². The zero-order valence-corrected chi connectivity index (χ0v) is 13.1. The summed E-state index contributed by atoms with van der Waals surface area (Å²) in [7, 11) is 0. The van der Waals surface area contributed by atoms with Crippen molar-refractivity contribution < 1.29 is 19.4 Å². The minimum atomic E-state index is -1.12. The second-order valence-corrected chi connectivity index (χ2v) is 6.19. The SMILES string of the molecule is CC(C)c1ncc(C[C@H](NC(=O)OC(C)(C)C)C(=O)O)[nH]1. The van der Waals surface area contributed by atoms with Crippen molar-refractivity contribution in [1.29, 1.82) is 0 Å². The fraction of sp³-hybridized carbons (Fsp3) is 0.643. The number of carboxylic acid groups (broad SMARTS) is 1. The fourth-order valence-corrected chi connectivity index (χ4v) is 1.64. The van der Waals surface area contributed by atoms with Crippen LogP contribution in [0.2, 0.25) is 0 Å². The van der Waals surface area contributed by atoms with Gasteiger partial charge in [0.2, 0.25) is 0 Å². The summed E-state index contributed by atoms with van der Waals surface area (Å²) in [6.07, 6.45) is 0.953. The molecule has 1 heterocycles. The first-order chi connectivity index (χ1) is 9.58. The summed E-state index contributed by atoms with van der Waals surface area (Å²) in [5.41, 5.74) is -0.0199. The van der Waals surface area contributed by atoms with Crippen molar-refractivity contribution in [1.82, 2.24) is 15.3 Å². The molecule has 0 spiro atoms. The average molecular weight is 297 g/mol. The Labute approximate surface area is 124 Å². The molecule has 7 heteroatoms. The van der Waals surface area contributed by atoms with Crippen LogP contribution in [0.4, 0.5) is 4.79 Å². The van der Waals surface area contributed by atoms with Gasteiger partial charge < -0.3 is 20.1 Å². The Morgan fingerprint density at radius 2 is 2.05 bits per heavy atom. The van der Waals surface area contributed by atoms with Gasteiger partial charge in [-0.1, -0.05) is 13.8 Å². The zero-order valence-electron chi connectivity index (χ0n) is 13.1. The number of aliphatic carboxylic acids is 1. The Morgan fingerprint density at radius 1 is 1.43 bits per heavy atom. The number of rotatable bonds is 5. The maximum atomic E-state index is 11.7. The highest BCUT2D eigenvalue weighted by atomic mass is 16.6. The monoisotopic (exact) mass is 297 g/mol. The minimum Gasteiger partial charge on any atom is -0.480 e. The summed E-state index contributed by atoms with van der Waals surface area (Å²) in [6, 6.07) is -1.07. The number of carboxylic acids is 1. The van der Waals surface area contributed by atoms with Crippen molar-refractivity contribution in [2.75, 3.05) is 0 Å². The lowest BCUT2D eigenvalue weighted by atomic mass is 10.1. The molecule has 1 aromatic rings. The smallest absolute Gasteiger partial charge is 0.408 e. The van der Waals surface area contributed by atoms with E-state index in [4.69, 9.17) is 4.74 Å². The molecule has 0 saturated carbocycles. The Hall–Kier alpha value is -2.05. The third kappa shape index (κ3) is 5.85. The first-order valence-corrected chi connectivity index (χ1v) is 6.84. The average Bonchev–Trinajstić information content (AvgIpc) is 2.74. The molecule has 7 nitrogen and oxygen atoms in total. The van der Waals surface area contributed by atoms with E-state index in [-0.39, 0.29) is 12.3 Å². The molecule has 0 fully saturated rings. The van der Waals surface area contributed by atoms with Crippen LogP contribution in [0.1, 0.15) is 52.1 Å². The van der Waals surface area contributed by atoms with E-state index in [1.54, 1.807) is 27.0 Å². The Bertz CT molecular complexity index is 503. The van der Waals surface area contributed by atoms with E-state index in [0.29, 0.717) is 5.69 Å². The number of nitrogens with one attached hydrogen (secondary N) is 2. The van der Waals surface area contributed by atoms with Gasteiger partial charge in [-0.3, -0.25) is 0 Å². The van der Waals surface area contributed by atoms with Gasteiger partial charge in [0, 0.05) is 24.2 Å². The van der Waals surface area contributed by atoms with Crippen molar-refractivity contribution in [2.45, 2.75) is 58.6 Å². The predicted molar refractivity (Wildman–Crippen MR) is 77.2 cm³/mol. The van der Waals surface area contributed by atoms with Crippen LogP contribution in [0.15, 0.2) is 6.20 Å². The third-order valence-corrected chi connectivity index (χ3v) is 2.61. The second-order valence-electron chi connectivity index (χ2n) is 6.19. The van der Waals surface area contributed by atoms with Gasteiger partial charge in [-0.15, -0.1) is 0 Å². The van der Waals surface area contributed by atoms with E-state index in [2.05, 4.69) is 15.3 Å². The molecule has 0 saturated heterocycles. The summed E-state index contributed by atoms with van der Waals surface area (Å²) in [5, 5.41) is 11.5. The third-order valence-electron chi connectivity index (χ3n) is 2.61. The molecule has 0 bridgehead atoms. The molecule has 0 aliphatic carbocycles. The molecule has 1 rings (SSSR count). The van der Waals surface area contributed by atoms with Gasteiger partial charge in [-0.2, -0.15) is 0 Å². The number of amides is 1. The Balaban J connectivity index is 2.69. The van der Waals surface area contributed by atoms with Crippen LogP contribution < -0.4 is 5.32 Å². The van der Waals surface area contributed by atoms with Crippen LogP contribution >= 0.6 is 0 Å². The molecule has 0 aromatic carbocycles. The van der Waals surface area contributed by atoms with Crippen molar-refractivity contribution >= 4 is 12.1 Å². The van der Waals surface area contributed by atoms with Crippen LogP contribution in [0.25, 0.3) is 0 Å². The quantitative estimate of drug-likeness (QED) is 0.771. The normalized spacial score (nSPS) is 13.0. The number of carbonyl (C=O) groups is 2. The lowest BCUT2D eigenvalue weighted by molar-refractivity contribution is -0.139. The molecule has 1 aromatic heterocycles. The molecular formula is C14H23N3O4. The first-order valence-electron chi connectivity index (χ1n) is 6.84. The maximum Gasteiger partial charge on any atom is 0.408 e. The van der Waals surface area contributed by atoms with Gasteiger partial charge in [0.25, 0.3) is 0 Å². The second kappa shape index (κ2) is 6.60. The topological polar surface area (TPSA) is 104 Å². The number of carbonyl (C=O) groups excluding carboxylic acids is 1. The van der Waals surface area contributed by atoms with Crippen molar-refractivity contribution in [3.8, 4) is 0 Å². The first kappa shape index (κ1) is 17.0. The lowest BCUT2D eigenvalue weighted by Gasteiger charge is -2.21. The Morgan fingerprint density at radius 3 is 2.48 bits per heavy atom. The number of alkyl carbamates (subject to hydrolysis) is 1. The van der Waals surface area contributed by atoms with Gasteiger partial charge in [-0.05, 0) is 20.8 Å². The summed E-state index contributed by atoms with van der Waals surface area (Å²) in [5.74, 6) is -0.117. The van der Waals surface area contributed by atoms with E-state index in [1.165, 1.54) is 0 Å². The molecule has 1 atom stereocenters. The van der Waals surface area contributed by atoms with Gasteiger partial charge in [-0.25, -0.2) is 14.6 Å². The van der Waals surface area contributed by atoms with E-state index in [0.717, 1.165) is 5.82 Å². The number of hydrogen-bond acceptors (Lipinski definition) is 4. The molecule has 118 valence electrons. The van der Waals surface area contributed by atoms with E-state index >= 15 is 0 Å². The number of imidazole rings is 1. The fourth-order valence-electron chi connectivity index (χ4n) is 1.64. The van der Waals surface area contributed by atoms with Crippen LogP contribution in [0, 0.1) is 0 Å². The summed E-state index contributed by atoms with van der Waals surface area (Å²) in [6.45, 7) is 9.11. The molecule has 0 unspecified atom stereocenters. The number of nitrogens with zero attached hydrogens (tertiary/aromatic N) is 1. The summed E-state index contributed by atoms with van der Waals surface area (Å²) < 4.78 is 5.06. The number of aromatic amines is 1. The lowest BCUT2D eigenvalue weighted by Crippen LogP contribution is -2.44. The Kier molecular flexibility index (Phi) is 5.34. The van der Waals surface area contributed by atoms with E-state index in [1.807, 2.05) is 13.8 Å². The standard InChI is InChI=1S/C14H23N3O4/c1-8(2)11-15-7-9(16-11)6-10(12(18)19)17-13(20)21-14(3,4)5/h7-8,10H,6H2,1-5H3,(H,15,16)(H,17,20)(H,18,19)/t10-/m0/s1. The molecule has 1 amide bonds. The largest absolute Gasteiger partial charge is 0.480 e. The molecule has 0 aliphatic rings. The molecular weight excluding hydrogens is 274 g/mol. The van der Waals surface area contributed by atoms with Crippen LogP contribution in [-0.2, 0) is 16.0 Å². The molecule has 3 N–H and O–H groups in total. The number of H-pyrrole nitrogens is 1. The predicted octanol–water partition coefficient (Wildman–Crippen LogP) is 2.05. The van der Waals surface area contributed by atoms with Gasteiger partial charge in [0.15, 0.2) is 0 Å². The van der Waals surface area contributed by atoms with Crippen molar-refractivity contribution in [3.63, 3.8) is 0 Å². The molecule has 0 radical (unpaired) electrons. The van der Waals surface area contributed by atoms with Crippen molar-refractivity contribution in [2.24, 2.45) is 0 Å². The number of ether oxygens (including phenoxy) is 1. The molecule has 21 heavy (non-hydrogen) atoms. The van der Waals surface area contributed by atoms with Gasteiger partial charge in [0.1, 0.15) is 17.5 Å². The zero-order chi connectivity index (χ0) is 16.2. The minimum absolute atomic E-state index is 0.119. The highest BCUT2D eigenvalue weighted by Crippen LogP contribution is 2.11. The number of hydrogen-bond donors (Lipinski definition) is 3. The van der Waals surface area contributed by atoms with Crippen LogP contribution in [-0.4, -0.2) is 38.8 Å². The van der Waals surface area contributed by atoms with Crippen LogP contribution in [0.5, 0.6) is 0 Å². The summed E-state index contributed by atoms with van der Waals surface area (Å²) in [4.78, 5) is 30.1. The van der Waals surface area contributed by atoms with Gasteiger partial charge in [0.05, 0.1) is 0 Å². The maximum absolute atomic E-state index is 11.7. The highest BCUT2D eigenvalue weighted by molar-refractivity contribution is 5.80. The van der Waals surface area contributed by atoms with E-state index < -0.39 is 23.7 Å². The van der Waals surface area contributed by atoms with E-state index in [9.17, 15) is 14.7 Å². The van der Waals surface area contributed by atoms with Gasteiger partial charge >= 0.3 is 12.1 Å².